The van der Waals surface area contributed by atoms with Crippen molar-refractivity contribution in [2.75, 3.05) is 0 Å². The number of unbranched alkanes of at least 4 members (excludes halogenated alkanes) is 4. The summed E-state index contributed by atoms with van der Waals surface area (Å²) in [4.78, 5) is 0. The summed E-state index contributed by atoms with van der Waals surface area (Å²) < 4.78 is 0. The van der Waals surface area contributed by atoms with Crippen molar-refractivity contribution in [2.24, 2.45) is 23.7 Å². The maximum atomic E-state index is 2.34. The van der Waals surface area contributed by atoms with Crippen molar-refractivity contribution < 1.29 is 0 Å². The van der Waals surface area contributed by atoms with E-state index in [0.29, 0.717) is 0 Å². The highest BCUT2D eigenvalue weighted by atomic mass is 14.4. The Morgan fingerprint density at radius 3 is 1.41 bits per heavy atom. The van der Waals surface area contributed by atoms with Crippen molar-refractivity contribution >= 4 is 0 Å². The number of rotatable bonds is 9. The predicted molar refractivity (Wildman–Crippen MR) is 99.2 cm³/mol. The van der Waals surface area contributed by atoms with E-state index in [1.165, 1.54) is 51.4 Å². The van der Waals surface area contributed by atoms with Gasteiger partial charge in [-0.3, -0.25) is 0 Å². The molecule has 22 heavy (non-hydrogen) atoms. The minimum absolute atomic E-state index is 1.09. The van der Waals surface area contributed by atoms with E-state index in [-0.39, 0.29) is 0 Å². The summed E-state index contributed by atoms with van der Waals surface area (Å²) in [6.07, 6.45) is 24.3. The van der Waals surface area contributed by atoms with Crippen LogP contribution in [-0.4, -0.2) is 0 Å². The van der Waals surface area contributed by atoms with Crippen LogP contribution in [0.4, 0.5) is 0 Å². The van der Waals surface area contributed by atoms with Crippen LogP contribution in [0.25, 0.3) is 0 Å². The summed E-state index contributed by atoms with van der Waals surface area (Å²) in [6, 6.07) is 0. The van der Waals surface area contributed by atoms with Gasteiger partial charge in [0.1, 0.15) is 0 Å². The SMILES string of the molecule is CCCCCCC1CCC([C@H]2CC[C@H](CCCC)CC2)CC1. The molecule has 2 rings (SSSR count). The fraction of sp³-hybridized carbons (Fsp3) is 1.00. The minimum Gasteiger partial charge on any atom is -0.0654 e. The molecular formula is C22H42. The van der Waals surface area contributed by atoms with Gasteiger partial charge in [0.15, 0.2) is 0 Å². The summed E-state index contributed by atoms with van der Waals surface area (Å²) in [5.41, 5.74) is 0. The van der Waals surface area contributed by atoms with Crippen molar-refractivity contribution in [3.8, 4) is 0 Å². The van der Waals surface area contributed by atoms with E-state index in [1.54, 1.807) is 51.4 Å². The van der Waals surface area contributed by atoms with Gasteiger partial charge >= 0.3 is 0 Å². The zero-order valence-corrected chi connectivity index (χ0v) is 15.6. The molecular weight excluding hydrogens is 264 g/mol. The van der Waals surface area contributed by atoms with Crippen molar-refractivity contribution in [1.29, 1.82) is 0 Å². The van der Waals surface area contributed by atoms with Crippen LogP contribution in [-0.2, 0) is 0 Å². The van der Waals surface area contributed by atoms with Crippen LogP contribution in [0.3, 0.4) is 0 Å². The van der Waals surface area contributed by atoms with Crippen LogP contribution < -0.4 is 0 Å². The minimum atomic E-state index is 1.09. The van der Waals surface area contributed by atoms with Crippen LogP contribution in [0.15, 0.2) is 0 Å². The van der Waals surface area contributed by atoms with Gasteiger partial charge in [0.2, 0.25) is 0 Å². The van der Waals surface area contributed by atoms with E-state index in [4.69, 9.17) is 0 Å². The van der Waals surface area contributed by atoms with Crippen LogP contribution in [0.2, 0.25) is 0 Å². The van der Waals surface area contributed by atoms with Gasteiger partial charge in [-0.1, -0.05) is 90.9 Å². The molecule has 2 aliphatic carbocycles. The summed E-state index contributed by atoms with van der Waals surface area (Å²) in [5, 5.41) is 0. The average molecular weight is 307 g/mol. The second-order valence-electron chi connectivity index (χ2n) is 8.55. The molecule has 0 nitrogen and oxygen atoms in total. The monoisotopic (exact) mass is 306 g/mol. The Morgan fingerprint density at radius 1 is 0.500 bits per heavy atom. The first-order valence-electron chi connectivity index (χ1n) is 10.8. The van der Waals surface area contributed by atoms with Gasteiger partial charge < -0.3 is 0 Å². The second-order valence-corrected chi connectivity index (χ2v) is 8.55. The lowest BCUT2D eigenvalue weighted by atomic mass is 9.68. The van der Waals surface area contributed by atoms with E-state index in [9.17, 15) is 0 Å². The zero-order valence-electron chi connectivity index (χ0n) is 15.6. The van der Waals surface area contributed by atoms with Gasteiger partial charge in [0.05, 0.1) is 0 Å². The maximum Gasteiger partial charge on any atom is -0.0386 e. The Labute approximate surface area is 140 Å². The fourth-order valence-corrected chi connectivity index (χ4v) is 5.25. The van der Waals surface area contributed by atoms with Gasteiger partial charge in [0, 0.05) is 0 Å². The number of hydrogen-bond acceptors (Lipinski definition) is 0. The topological polar surface area (TPSA) is 0 Å². The molecule has 0 heteroatoms. The lowest BCUT2D eigenvalue weighted by molar-refractivity contribution is 0.139. The van der Waals surface area contributed by atoms with E-state index in [0.717, 1.165) is 23.7 Å². The Bertz CT molecular complexity index is 253. The van der Waals surface area contributed by atoms with E-state index >= 15 is 0 Å². The van der Waals surface area contributed by atoms with Gasteiger partial charge in [-0.15, -0.1) is 0 Å². The first-order chi connectivity index (χ1) is 10.8. The first-order valence-corrected chi connectivity index (χ1v) is 10.8. The Balaban J connectivity index is 1.57. The molecule has 0 N–H and O–H groups in total. The smallest absolute Gasteiger partial charge is 0.0386 e. The molecule has 0 saturated heterocycles. The van der Waals surface area contributed by atoms with Crippen molar-refractivity contribution in [3.63, 3.8) is 0 Å². The highest BCUT2D eigenvalue weighted by Gasteiger charge is 2.30. The predicted octanol–water partition coefficient (Wildman–Crippen LogP) is 7.76. The van der Waals surface area contributed by atoms with Crippen LogP contribution in [0, 0.1) is 23.7 Å². The summed E-state index contributed by atoms with van der Waals surface area (Å²) in [7, 11) is 0. The molecule has 0 aromatic heterocycles. The van der Waals surface area contributed by atoms with Crippen LogP contribution in [0.1, 0.15) is 117 Å². The average Bonchev–Trinajstić information content (AvgIpc) is 2.58. The molecule has 2 aliphatic rings. The molecule has 0 aromatic carbocycles. The third-order valence-electron chi connectivity index (χ3n) is 6.88. The third-order valence-corrected chi connectivity index (χ3v) is 6.88. The van der Waals surface area contributed by atoms with Gasteiger partial charge in [0.25, 0.3) is 0 Å². The molecule has 0 bridgehead atoms. The molecule has 0 aromatic rings. The summed E-state index contributed by atoms with van der Waals surface area (Å²) in [6.45, 7) is 4.66. The Kier molecular flexibility index (Phi) is 8.93. The first kappa shape index (κ1) is 18.3. The molecule has 2 saturated carbocycles. The van der Waals surface area contributed by atoms with E-state index < -0.39 is 0 Å². The Morgan fingerprint density at radius 2 is 0.955 bits per heavy atom. The molecule has 0 aliphatic heterocycles. The van der Waals surface area contributed by atoms with E-state index in [1.807, 2.05) is 0 Å². The second kappa shape index (κ2) is 10.7. The normalized spacial score (nSPS) is 33.0. The van der Waals surface area contributed by atoms with Gasteiger partial charge in [-0.2, -0.15) is 0 Å². The standard InChI is InChI=1S/C22H42/c1-3-5-7-8-10-20-13-17-22(18-14-20)21-15-11-19(12-16-21)9-6-4-2/h19-22H,3-18H2,1-2H3/t19-,20?,21-,22?. The molecule has 0 spiro atoms. The molecule has 130 valence electrons. The van der Waals surface area contributed by atoms with Gasteiger partial charge in [-0.05, 0) is 49.4 Å². The molecule has 0 unspecified atom stereocenters. The maximum absolute atomic E-state index is 2.34. The third kappa shape index (κ3) is 6.25. The zero-order chi connectivity index (χ0) is 15.6. The molecule has 0 heterocycles. The van der Waals surface area contributed by atoms with Crippen molar-refractivity contribution in [3.05, 3.63) is 0 Å². The van der Waals surface area contributed by atoms with Crippen LogP contribution in [0.5, 0.6) is 0 Å². The quantitative estimate of drug-likeness (QED) is 0.382. The molecule has 2 fully saturated rings. The van der Waals surface area contributed by atoms with Crippen molar-refractivity contribution in [1.82, 2.24) is 0 Å². The molecule has 0 atom stereocenters. The van der Waals surface area contributed by atoms with Gasteiger partial charge in [-0.25, -0.2) is 0 Å². The lowest BCUT2D eigenvalue weighted by Crippen LogP contribution is -2.25. The number of hydrogen-bond donors (Lipinski definition) is 0. The highest BCUT2D eigenvalue weighted by molar-refractivity contribution is 4.82. The van der Waals surface area contributed by atoms with Crippen molar-refractivity contribution in [2.45, 2.75) is 117 Å². The Hall–Kier alpha value is 0. The lowest BCUT2D eigenvalue weighted by Gasteiger charge is -2.38. The summed E-state index contributed by atoms with van der Waals surface area (Å²) in [5.74, 6) is 4.40. The molecule has 0 radical (unpaired) electrons. The molecule has 0 amide bonds. The summed E-state index contributed by atoms with van der Waals surface area (Å²) >= 11 is 0. The largest absolute Gasteiger partial charge is 0.0654 e. The fourth-order valence-electron chi connectivity index (χ4n) is 5.25. The van der Waals surface area contributed by atoms with E-state index in [2.05, 4.69) is 13.8 Å². The highest BCUT2D eigenvalue weighted by Crippen LogP contribution is 2.43. The van der Waals surface area contributed by atoms with Crippen LogP contribution >= 0.6 is 0 Å².